The molecule has 1 heterocycles. The Bertz CT molecular complexity index is 603. The second-order valence-corrected chi connectivity index (χ2v) is 5.01. The van der Waals surface area contributed by atoms with Crippen LogP contribution in [-0.2, 0) is 9.53 Å². The molecule has 0 saturated carbocycles. The number of carboxylic acid groups (broad SMARTS) is 1. The number of hydrogen-bond donors (Lipinski definition) is 2. The van der Waals surface area contributed by atoms with Gasteiger partial charge in [-0.2, -0.15) is 0 Å². The molecule has 0 bridgehead atoms. The molecule has 1 aliphatic rings. The molecule has 2 unspecified atom stereocenters. The van der Waals surface area contributed by atoms with Crippen molar-refractivity contribution in [2.45, 2.75) is 19.0 Å². The van der Waals surface area contributed by atoms with E-state index in [1.807, 2.05) is 0 Å². The second kappa shape index (κ2) is 6.86. The number of esters is 1. The number of amides is 1. The van der Waals surface area contributed by atoms with Crippen molar-refractivity contribution >= 4 is 12.1 Å². The van der Waals surface area contributed by atoms with E-state index in [1.165, 1.54) is 0 Å². The van der Waals surface area contributed by atoms with Crippen LogP contribution in [0.2, 0.25) is 0 Å². The lowest BCUT2D eigenvalue weighted by Crippen LogP contribution is -2.57. The van der Waals surface area contributed by atoms with Gasteiger partial charge in [-0.1, -0.05) is 0 Å². The van der Waals surface area contributed by atoms with E-state index >= 15 is 0 Å². The van der Waals surface area contributed by atoms with Gasteiger partial charge in [-0.25, -0.2) is 18.0 Å². The van der Waals surface area contributed by atoms with Gasteiger partial charge >= 0.3 is 12.1 Å². The van der Waals surface area contributed by atoms with E-state index in [0.29, 0.717) is 0 Å². The summed E-state index contributed by atoms with van der Waals surface area (Å²) in [7, 11) is 0. The summed E-state index contributed by atoms with van der Waals surface area (Å²) in [6, 6.07) is -0.326. The van der Waals surface area contributed by atoms with E-state index < -0.39 is 41.6 Å². The minimum absolute atomic E-state index is 0.00153. The molecule has 2 atom stereocenters. The van der Waals surface area contributed by atoms with Gasteiger partial charge in [-0.3, -0.25) is 10.1 Å². The normalized spacial score (nSPS) is 21.1. The molecule has 0 aliphatic carbocycles. The molecule has 1 amide bonds. The van der Waals surface area contributed by atoms with Crippen LogP contribution < -0.4 is 5.32 Å². The maximum atomic E-state index is 13.4. The van der Waals surface area contributed by atoms with E-state index in [-0.39, 0.29) is 25.3 Å². The average molecular weight is 332 g/mol. The van der Waals surface area contributed by atoms with Crippen LogP contribution in [0.5, 0.6) is 0 Å². The molecule has 0 radical (unpaired) electrons. The quantitative estimate of drug-likeness (QED) is 0.650. The highest BCUT2D eigenvalue weighted by Crippen LogP contribution is 2.23. The molecule has 2 rings (SSSR count). The fourth-order valence-corrected chi connectivity index (χ4v) is 2.38. The highest BCUT2D eigenvalue weighted by molar-refractivity contribution is 5.77. The Labute approximate surface area is 129 Å². The fraction of sp³-hybridized carbons (Fsp3) is 0.429. The number of ether oxygens (including phenoxy) is 1. The first-order valence-electron chi connectivity index (χ1n) is 6.88. The number of halogens is 3. The third kappa shape index (κ3) is 3.73. The third-order valence-electron chi connectivity index (χ3n) is 3.46. The molecule has 6 nitrogen and oxygen atoms in total. The molecule has 1 saturated heterocycles. The van der Waals surface area contributed by atoms with Crippen molar-refractivity contribution < 1.29 is 32.6 Å². The van der Waals surface area contributed by atoms with Crippen LogP contribution in [0.4, 0.5) is 18.0 Å². The van der Waals surface area contributed by atoms with Gasteiger partial charge in [-0.15, -0.1) is 0 Å². The number of nitrogens with zero attached hydrogens (tertiary/aromatic N) is 1. The first kappa shape index (κ1) is 17.1. The lowest BCUT2D eigenvalue weighted by molar-refractivity contribution is -0.147. The van der Waals surface area contributed by atoms with Gasteiger partial charge < -0.3 is 14.7 Å². The predicted molar refractivity (Wildman–Crippen MR) is 72.2 cm³/mol. The summed E-state index contributed by atoms with van der Waals surface area (Å²) in [5.41, 5.74) is 0.00153. The predicted octanol–water partition coefficient (Wildman–Crippen LogP) is 1.66. The van der Waals surface area contributed by atoms with Crippen molar-refractivity contribution in [2.75, 3.05) is 19.7 Å². The molecule has 2 N–H and O–H groups in total. The van der Waals surface area contributed by atoms with Crippen LogP contribution in [0.25, 0.3) is 0 Å². The Morgan fingerprint density at radius 2 is 1.91 bits per heavy atom. The standard InChI is InChI=1S/C14H15F3N2O4/c1-2-23-13(20)11-6-19(14(21)22)5-10(18-11)7-3-8(15)12(17)9(16)4-7/h3-4,10-11,18H,2,5-6H2,1H3,(H,21,22). The Kier molecular flexibility index (Phi) is 5.09. The zero-order chi connectivity index (χ0) is 17.1. The van der Waals surface area contributed by atoms with Crippen molar-refractivity contribution in [3.05, 3.63) is 35.1 Å². The molecule has 126 valence electrons. The lowest BCUT2D eigenvalue weighted by atomic mass is 10.0. The molecule has 1 fully saturated rings. The van der Waals surface area contributed by atoms with Crippen molar-refractivity contribution in [3.8, 4) is 0 Å². The van der Waals surface area contributed by atoms with Crippen molar-refractivity contribution in [3.63, 3.8) is 0 Å². The van der Waals surface area contributed by atoms with Gasteiger partial charge in [0.25, 0.3) is 0 Å². The third-order valence-corrected chi connectivity index (χ3v) is 3.46. The minimum atomic E-state index is -1.61. The van der Waals surface area contributed by atoms with E-state index in [0.717, 1.165) is 17.0 Å². The molecular formula is C14H15F3N2O4. The van der Waals surface area contributed by atoms with Crippen LogP contribution >= 0.6 is 0 Å². The van der Waals surface area contributed by atoms with Crippen LogP contribution in [0, 0.1) is 17.5 Å². The number of carbonyl (C=O) groups excluding carboxylic acids is 1. The molecule has 9 heteroatoms. The monoisotopic (exact) mass is 332 g/mol. The Hall–Kier alpha value is -2.29. The summed E-state index contributed by atoms with van der Waals surface area (Å²) in [6.45, 7) is 1.40. The molecule has 1 aliphatic heterocycles. The summed E-state index contributed by atoms with van der Waals surface area (Å²) in [5, 5.41) is 11.9. The van der Waals surface area contributed by atoms with E-state index in [1.54, 1.807) is 6.92 Å². The SMILES string of the molecule is CCOC(=O)C1CN(C(=O)O)CC(c2cc(F)c(F)c(F)c2)N1. The Morgan fingerprint density at radius 1 is 1.30 bits per heavy atom. The summed E-state index contributed by atoms with van der Waals surface area (Å²) in [5.74, 6) is -5.06. The van der Waals surface area contributed by atoms with Crippen LogP contribution in [0.3, 0.4) is 0 Å². The number of piperazine rings is 1. The molecule has 1 aromatic carbocycles. The molecule has 0 spiro atoms. The van der Waals surface area contributed by atoms with Crippen molar-refractivity contribution in [1.29, 1.82) is 0 Å². The van der Waals surface area contributed by atoms with E-state index in [9.17, 15) is 22.8 Å². The van der Waals surface area contributed by atoms with E-state index in [4.69, 9.17) is 9.84 Å². The molecular weight excluding hydrogens is 317 g/mol. The highest BCUT2D eigenvalue weighted by atomic mass is 19.2. The lowest BCUT2D eigenvalue weighted by Gasteiger charge is -2.36. The van der Waals surface area contributed by atoms with Gasteiger partial charge in [0.05, 0.1) is 19.2 Å². The fourth-order valence-electron chi connectivity index (χ4n) is 2.38. The van der Waals surface area contributed by atoms with Crippen LogP contribution in [-0.4, -0.2) is 47.8 Å². The zero-order valence-electron chi connectivity index (χ0n) is 12.2. The minimum Gasteiger partial charge on any atom is -0.465 e. The molecule has 1 aromatic rings. The first-order chi connectivity index (χ1) is 10.8. The van der Waals surface area contributed by atoms with Crippen LogP contribution in [0.1, 0.15) is 18.5 Å². The van der Waals surface area contributed by atoms with Gasteiger partial charge in [0.2, 0.25) is 0 Å². The highest BCUT2D eigenvalue weighted by Gasteiger charge is 2.35. The summed E-state index contributed by atoms with van der Waals surface area (Å²) in [6.07, 6.45) is -1.28. The average Bonchev–Trinajstić information content (AvgIpc) is 2.51. The Balaban J connectivity index is 2.29. The first-order valence-corrected chi connectivity index (χ1v) is 6.88. The van der Waals surface area contributed by atoms with Gasteiger partial charge in [0.15, 0.2) is 17.5 Å². The smallest absolute Gasteiger partial charge is 0.407 e. The maximum absolute atomic E-state index is 13.4. The topological polar surface area (TPSA) is 78.9 Å². The second-order valence-electron chi connectivity index (χ2n) is 5.01. The number of benzene rings is 1. The largest absolute Gasteiger partial charge is 0.465 e. The van der Waals surface area contributed by atoms with Crippen molar-refractivity contribution in [1.82, 2.24) is 10.2 Å². The number of hydrogen-bond acceptors (Lipinski definition) is 4. The zero-order valence-corrected chi connectivity index (χ0v) is 12.2. The van der Waals surface area contributed by atoms with E-state index in [2.05, 4.69) is 5.32 Å². The number of nitrogens with one attached hydrogen (secondary N) is 1. The molecule has 23 heavy (non-hydrogen) atoms. The number of carbonyl (C=O) groups is 2. The molecule has 0 aromatic heterocycles. The summed E-state index contributed by atoms with van der Waals surface area (Å²) < 4.78 is 44.6. The van der Waals surface area contributed by atoms with Crippen molar-refractivity contribution in [2.24, 2.45) is 0 Å². The number of rotatable bonds is 3. The van der Waals surface area contributed by atoms with Gasteiger partial charge in [0, 0.05) is 6.54 Å². The summed E-state index contributed by atoms with van der Waals surface area (Å²) >= 11 is 0. The van der Waals surface area contributed by atoms with Gasteiger partial charge in [-0.05, 0) is 24.6 Å². The Morgan fingerprint density at radius 3 is 2.43 bits per heavy atom. The summed E-state index contributed by atoms with van der Waals surface area (Å²) in [4.78, 5) is 23.9. The van der Waals surface area contributed by atoms with Gasteiger partial charge in [0.1, 0.15) is 6.04 Å². The maximum Gasteiger partial charge on any atom is 0.407 e. The van der Waals surface area contributed by atoms with Crippen LogP contribution in [0.15, 0.2) is 12.1 Å².